The molecule has 0 radical (unpaired) electrons. The molecule has 0 aliphatic carbocycles. The fourth-order valence-electron chi connectivity index (χ4n) is 10.0. The average molecular weight is 1250 g/mol. The molecule has 25 heteroatoms. The molecule has 2 aromatic carbocycles. The van der Waals surface area contributed by atoms with Crippen molar-refractivity contribution in [1.82, 2.24) is 55.6 Å². The molecule has 0 spiro atoms. The van der Waals surface area contributed by atoms with Gasteiger partial charge in [0.1, 0.15) is 41.8 Å². The van der Waals surface area contributed by atoms with Crippen LogP contribution < -0.4 is 21.3 Å². The van der Waals surface area contributed by atoms with Gasteiger partial charge in [0.2, 0.25) is 65.0 Å². The number of likely N-dealkylation sites (N-methyl/N-ethyl adjacent to an activating group) is 7. The van der Waals surface area contributed by atoms with Crippen LogP contribution >= 0.6 is 0 Å². The highest BCUT2D eigenvalue weighted by Crippen LogP contribution is 2.30. The Morgan fingerprint density at radius 1 is 0.607 bits per heavy atom. The molecule has 1 heterocycles. The second-order valence-corrected chi connectivity index (χ2v) is 25.0. The van der Waals surface area contributed by atoms with Gasteiger partial charge in [0, 0.05) is 81.1 Å². The number of hydrogen-bond acceptors (Lipinski definition) is 11. The Balaban J connectivity index is 2.22. The molecule has 0 saturated carbocycles. The molecule has 3 rings (SSSR count). The number of halogens is 3. The van der Waals surface area contributed by atoms with Gasteiger partial charge in [-0.2, -0.15) is 13.2 Å². The highest BCUT2D eigenvalue weighted by molar-refractivity contribution is 5.99. The van der Waals surface area contributed by atoms with E-state index in [1.807, 2.05) is 40.7 Å². The third kappa shape index (κ3) is 21.3. The minimum Gasteiger partial charge on any atom is -0.342 e. The van der Waals surface area contributed by atoms with Crippen LogP contribution in [0.4, 0.5) is 13.2 Å². The summed E-state index contributed by atoms with van der Waals surface area (Å²) in [6, 6.07) is 2.26. The van der Waals surface area contributed by atoms with Crippen molar-refractivity contribution >= 4 is 65.0 Å². The van der Waals surface area contributed by atoms with Crippen molar-refractivity contribution in [3.63, 3.8) is 0 Å². The summed E-state index contributed by atoms with van der Waals surface area (Å²) in [7, 11) is 9.36. The maximum absolute atomic E-state index is 14.6. The summed E-state index contributed by atoms with van der Waals surface area (Å²) in [5.74, 6) is -6.52. The quantitative estimate of drug-likeness (QED) is 0.237. The lowest BCUT2D eigenvalue weighted by atomic mass is 9.95. The first-order valence-electron chi connectivity index (χ1n) is 29.9. The molecule has 1 aliphatic rings. The van der Waals surface area contributed by atoms with Crippen LogP contribution in [0.1, 0.15) is 117 Å². The molecule has 22 nitrogen and oxygen atoms in total. The molecule has 2 aromatic rings. The Morgan fingerprint density at radius 3 is 1.73 bits per heavy atom. The van der Waals surface area contributed by atoms with E-state index in [0.717, 1.165) is 54.3 Å². The van der Waals surface area contributed by atoms with Crippen LogP contribution in [-0.2, 0) is 71.8 Å². The van der Waals surface area contributed by atoms with E-state index in [0.29, 0.717) is 12.0 Å². The van der Waals surface area contributed by atoms with Crippen LogP contribution in [0.15, 0.2) is 48.5 Å². The van der Waals surface area contributed by atoms with Crippen molar-refractivity contribution in [2.75, 3.05) is 69.0 Å². The van der Waals surface area contributed by atoms with Gasteiger partial charge in [-0.05, 0) is 81.5 Å². The number of carbonyl (C=O) groups is 11. The third-order valence-corrected chi connectivity index (χ3v) is 16.4. The van der Waals surface area contributed by atoms with Gasteiger partial charge in [-0.3, -0.25) is 52.7 Å². The topological polar surface area (TPSA) is 259 Å². The molecule has 1 saturated heterocycles. The van der Waals surface area contributed by atoms with E-state index in [4.69, 9.17) is 6.42 Å². The van der Waals surface area contributed by atoms with Crippen LogP contribution in [0.5, 0.6) is 0 Å². The van der Waals surface area contributed by atoms with Crippen LogP contribution in [0.2, 0.25) is 0 Å². The van der Waals surface area contributed by atoms with Crippen molar-refractivity contribution < 1.29 is 65.9 Å². The number of carbonyl (C=O) groups excluding carboxylic acids is 11. The first-order chi connectivity index (χ1) is 41.3. The van der Waals surface area contributed by atoms with Crippen molar-refractivity contribution in [2.24, 2.45) is 17.8 Å². The molecule has 0 bridgehead atoms. The van der Waals surface area contributed by atoms with E-state index in [1.165, 1.54) is 73.0 Å². The fraction of sp³-hybridized carbons (Fsp3) is 0.609. The van der Waals surface area contributed by atoms with Gasteiger partial charge in [-0.15, -0.1) is 12.3 Å². The molecule has 4 N–H and O–H groups in total. The van der Waals surface area contributed by atoms with Gasteiger partial charge in [-0.25, -0.2) is 0 Å². The number of nitrogens with zero attached hydrogens (tertiary/aromatic N) is 7. The Bertz CT molecular complexity index is 2910. The molecule has 0 unspecified atom stereocenters. The van der Waals surface area contributed by atoms with Crippen molar-refractivity contribution in [3.8, 4) is 12.3 Å². The minimum absolute atomic E-state index is 0.132. The summed E-state index contributed by atoms with van der Waals surface area (Å²) < 4.78 is 41.0. The summed E-state index contributed by atoms with van der Waals surface area (Å²) in [5.41, 5.74) is -1.10. The lowest BCUT2D eigenvalue weighted by molar-refractivity contribution is -0.148. The molecule has 0 aromatic heterocycles. The predicted octanol–water partition coefficient (Wildman–Crippen LogP) is 3.42. The van der Waals surface area contributed by atoms with Gasteiger partial charge in [0.25, 0.3) is 0 Å². The zero-order valence-corrected chi connectivity index (χ0v) is 54.8. The molecule has 8 atom stereocenters. The summed E-state index contributed by atoms with van der Waals surface area (Å²) in [6.45, 7) is 15.3. The largest absolute Gasteiger partial charge is 0.416 e. The van der Waals surface area contributed by atoms with E-state index in [9.17, 15) is 65.9 Å². The second kappa shape index (κ2) is 33.0. The van der Waals surface area contributed by atoms with Crippen LogP contribution in [0.3, 0.4) is 0 Å². The zero-order chi connectivity index (χ0) is 67.7. The average Bonchev–Trinajstić information content (AvgIpc) is 3.61. The Labute approximate surface area is 522 Å². The van der Waals surface area contributed by atoms with Crippen LogP contribution in [0, 0.1) is 37.0 Å². The molecule has 11 amide bonds. The third-order valence-electron chi connectivity index (χ3n) is 16.4. The molecular formula is C64H94F3N11O11. The Kier molecular flexibility index (Phi) is 27.9. The maximum Gasteiger partial charge on any atom is 0.416 e. The number of rotatable bonds is 11. The van der Waals surface area contributed by atoms with Gasteiger partial charge in [0.15, 0.2) is 0 Å². The highest BCUT2D eigenvalue weighted by atomic mass is 19.4. The maximum atomic E-state index is 14.6. The fourth-order valence-corrected chi connectivity index (χ4v) is 10.0. The lowest BCUT2D eigenvalue weighted by Gasteiger charge is -2.38. The van der Waals surface area contributed by atoms with E-state index in [1.54, 1.807) is 39.0 Å². The number of alkyl halides is 3. The normalized spacial score (nSPS) is 23.7. The van der Waals surface area contributed by atoms with E-state index >= 15 is 0 Å². The second-order valence-electron chi connectivity index (χ2n) is 25.0. The first-order valence-corrected chi connectivity index (χ1v) is 29.9. The van der Waals surface area contributed by atoms with Gasteiger partial charge >= 0.3 is 6.18 Å². The number of nitrogens with one attached hydrogen (secondary N) is 4. The molecule has 1 aliphatic heterocycles. The van der Waals surface area contributed by atoms with Gasteiger partial charge < -0.3 is 55.6 Å². The summed E-state index contributed by atoms with van der Waals surface area (Å²) in [6.07, 6.45) is 0.632. The molecular weight excluding hydrogens is 1160 g/mol. The van der Waals surface area contributed by atoms with Gasteiger partial charge in [-0.1, -0.05) is 89.9 Å². The van der Waals surface area contributed by atoms with Crippen LogP contribution in [-0.4, -0.2) is 216 Å². The summed E-state index contributed by atoms with van der Waals surface area (Å²) >= 11 is 0. The standard InChI is InChI=1S/C64H94F3N11O11/c1-19-22-46-59(86)78(18)63(10,11)62(89)70-48(29-38(3)4)58(85)75(15)42(9)32-52(80)76(16)49(30-39(5)6)57(84)71-55(41(8)20-2)61(88)74(14)36-53(81)72(12)37-54(82)77(17)50(34-43-25-27-45(28-26-43)64(65,66)67)60(87)73(13)35-51(79)68-47(56(83)69-46)33-44-24-21-23-40(7)31-44/h1,21,23-28,31,38-39,41-42,46-50,55H,20,22,29-30,32-37H2,2-18H3,(H,68,79)(H,69,83)(H,70,89)(H,71,84)/t41-,42+,46-,47-,48-,49-,50-,55-/m0/s1. The first kappa shape index (κ1) is 75.2. The zero-order valence-electron chi connectivity index (χ0n) is 54.8. The number of amides is 11. The molecule has 492 valence electrons. The minimum atomic E-state index is -4.69. The van der Waals surface area contributed by atoms with Crippen molar-refractivity contribution in [2.45, 2.75) is 168 Å². The van der Waals surface area contributed by atoms with E-state index in [-0.39, 0.29) is 55.9 Å². The monoisotopic (exact) mass is 1250 g/mol. The SMILES string of the molecule is C#CC[C@@H]1NC(=O)[C@H](Cc2cccc(C)c2)NC(=O)CN(C)C(=O)[C@H](Cc2ccc(C(F)(F)F)cc2)N(C)C(=O)CN(C)C(=O)CN(C)C(=O)[C@H]([C@@H](C)CC)NC(=O)[C@H](CC(C)C)N(C)C(=O)C[C@@H](C)N(C)C(=O)[C@H](CC(C)C)NC(=O)C(C)(C)N(C)C1=O. The van der Waals surface area contributed by atoms with E-state index < -0.39 is 150 Å². The summed E-state index contributed by atoms with van der Waals surface area (Å²) in [4.78, 5) is 165. The number of terminal acetylenes is 1. The van der Waals surface area contributed by atoms with Crippen LogP contribution in [0.25, 0.3) is 0 Å². The Hall–Kier alpha value is -8.04. The van der Waals surface area contributed by atoms with Gasteiger partial charge in [0.05, 0.1) is 25.2 Å². The lowest BCUT2D eigenvalue weighted by Crippen LogP contribution is -2.63. The van der Waals surface area contributed by atoms with Crippen molar-refractivity contribution in [3.05, 3.63) is 70.8 Å². The number of aryl methyl sites for hydroxylation is 1. The van der Waals surface area contributed by atoms with Crippen molar-refractivity contribution in [1.29, 1.82) is 0 Å². The number of hydrogen-bond donors (Lipinski definition) is 4. The molecule has 89 heavy (non-hydrogen) atoms. The highest BCUT2D eigenvalue weighted by Gasteiger charge is 2.43. The summed E-state index contributed by atoms with van der Waals surface area (Å²) in [5, 5.41) is 11.0. The smallest absolute Gasteiger partial charge is 0.342 e. The number of benzene rings is 2. The van der Waals surface area contributed by atoms with E-state index in [2.05, 4.69) is 27.2 Å². The predicted molar refractivity (Wildman–Crippen MR) is 329 cm³/mol. The Morgan fingerprint density at radius 2 is 1.18 bits per heavy atom. The molecule has 1 fully saturated rings.